The highest BCUT2D eigenvalue weighted by Crippen LogP contribution is 2.16. The lowest BCUT2D eigenvalue weighted by molar-refractivity contribution is -0.118. The van der Waals surface area contributed by atoms with E-state index in [-0.39, 0.29) is 5.91 Å². The number of hydrogen-bond acceptors (Lipinski definition) is 4. The first-order chi connectivity index (χ1) is 10.5. The lowest BCUT2D eigenvalue weighted by Crippen LogP contribution is -2.12. The SMILES string of the molecule is CC(=O)N/N=C/c1ccc(OC(=O)c2cccc(Cl)c2)cc1. The Bertz CT molecular complexity index is 712. The highest BCUT2D eigenvalue weighted by Gasteiger charge is 2.08. The van der Waals surface area contributed by atoms with Crippen molar-refractivity contribution in [1.29, 1.82) is 0 Å². The summed E-state index contributed by atoms with van der Waals surface area (Å²) >= 11 is 5.83. The molecule has 0 fully saturated rings. The molecule has 0 radical (unpaired) electrons. The summed E-state index contributed by atoms with van der Waals surface area (Å²) in [6.45, 7) is 1.37. The van der Waals surface area contributed by atoms with Gasteiger partial charge in [-0.15, -0.1) is 0 Å². The number of hydrogen-bond donors (Lipinski definition) is 1. The van der Waals surface area contributed by atoms with E-state index in [1.807, 2.05) is 0 Å². The minimum absolute atomic E-state index is 0.247. The van der Waals surface area contributed by atoms with Gasteiger partial charge in [-0.05, 0) is 48.0 Å². The molecule has 0 aliphatic rings. The Labute approximate surface area is 132 Å². The fourth-order valence-electron chi connectivity index (χ4n) is 1.60. The van der Waals surface area contributed by atoms with E-state index in [2.05, 4.69) is 10.5 Å². The molecule has 2 aromatic carbocycles. The molecule has 0 aromatic heterocycles. The standard InChI is InChI=1S/C16H13ClN2O3/c1-11(20)19-18-10-12-5-7-15(8-6-12)22-16(21)13-3-2-4-14(17)9-13/h2-10H,1H3,(H,19,20)/b18-10+. The lowest BCUT2D eigenvalue weighted by atomic mass is 10.2. The van der Waals surface area contributed by atoms with E-state index >= 15 is 0 Å². The minimum Gasteiger partial charge on any atom is -0.423 e. The molecular weight excluding hydrogens is 304 g/mol. The average Bonchev–Trinajstić information content (AvgIpc) is 2.48. The molecule has 0 unspecified atom stereocenters. The maximum absolute atomic E-state index is 11.9. The maximum Gasteiger partial charge on any atom is 0.343 e. The summed E-state index contributed by atoms with van der Waals surface area (Å²) in [4.78, 5) is 22.6. The van der Waals surface area contributed by atoms with Gasteiger partial charge in [-0.3, -0.25) is 4.79 Å². The number of hydrazone groups is 1. The van der Waals surface area contributed by atoms with Crippen molar-refractivity contribution in [3.63, 3.8) is 0 Å². The van der Waals surface area contributed by atoms with Gasteiger partial charge in [0.2, 0.25) is 5.91 Å². The number of carbonyl (C=O) groups is 2. The Hall–Kier alpha value is -2.66. The first kappa shape index (κ1) is 15.7. The summed E-state index contributed by atoms with van der Waals surface area (Å²) in [5.41, 5.74) is 3.44. The van der Waals surface area contributed by atoms with Crippen molar-refractivity contribution in [2.45, 2.75) is 6.92 Å². The largest absolute Gasteiger partial charge is 0.423 e. The Morgan fingerprint density at radius 1 is 1.18 bits per heavy atom. The van der Waals surface area contributed by atoms with Gasteiger partial charge in [-0.2, -0.15) is 5.10 Å². The highest BCUT2D eigenvalue weighted by molar-refractivity contribution is 6.30. The molecule has 0 saturated heterocycles. The molecule has 2 rings (SSSR count). The van der Waals surface area contributed by atoms with Crippen molar-refractivity contribution < 1.29 is 14.3 Å². The Morgan fingerprint density at radius 3 is 2.55 bits per heavy atom. The Kier molecular flexibility index (Phi) is 5.27. The van der Waals surface area contributed by atoms with Crippen molar-refractivity contribution in [3.05, 3.63) is 64.7 Å². The first-order valence-corrected chi connectivity index (χ1v) is 6.80. The lowest BCUT2D eigenvalue weighted by Gasteiger charge is -2.04. The predicted molar refractivity (Wildman–Crippen MR) is 84.3 cm³/mol. The van der Waals surface area contributed by atoms with Gasteiger partial charge < -0.3 is 4.74 Å². The van der Waals surface area contributed by atoms with Gasteiger partial charge in [0.05, 0.1) is 11.8 Å². The van der Waals surface area contributed by atoms with E-state index in [0.717, 1.165) is 5.56 Å². The number of amides is 1. The third-order valence-electron chi connectivity index (χ3n) is 2.59. The van der Waals surface area contributed by atoms with Crippen molar-refractivity contribution in [2.75, 3.05) is 0 Å². The van der Waals surface area contributed by atoms with Gasteiger partial charge in [0, 0.05) is 11.9 Å². The van der Waals surface area contributed by atoms with E-state index in [0.29, 0.717) is 16.3 Å². The van der Waals surface area contributed by atoms with E-state index in [1.165, 1.54) is 13.1 Å². The molecule has 5 nitrogen and oxygen atoms in total. The second-order valence-electron chi connectivity index (χ2n) is 4.40. The third-order valence-corrected chi connectivity index (χ3v) is 2.82. The molecule has 0 aliphatic heterocycles. The Balaban J connectivity index is 2.00. The van der Waals surface area contributed by atoms with Crippen LogP contribution in [0.1, 0.15) is 22.8 Å². The third kappa shape index (κ3) is 4.71. The fourth-order valence-corrected chi connectivity index (χ4v) is 1.79. The van der Waals surface area contributed by atoms with Gasteiger partial charge in [0.15, 0.2) is 0 Å². The number of benzene rings is 2. The van der Waals surface area contributed by atoms with E-state index in [1.54, 1.807) is 48.5 Å². The van der Waals surface area contributed by atoms with Gasteiger partial charge in [-0.25, -0.2) is 10.2 Å². The smallest absolute Gasteiger partial charge is 0.343 e. The number of nitrogens with one attached hydrogen (secondary N) is 1. The van der Waals surface area contributed by atoms with Crippen LogP contribution in [0.5, 0.6) is 5.75 Å². The second-order valence-corrected chi connectivity index (χ2v) is 4.83. The summed E-state index contributed by atoms with van der Waals surface area (Å²) in [6, 6.07) is 13.2. The zero-order valence-corrected chi connectivity index (χ0v) is 12.5. The van der Waals surface area contributed by atoms with Gasteiger partial charge in [0.25, 0.3) is 0 Å². The quantitative estimate of drug-likeness (QED) is 0.408. The summed E-state index contributed by atoms with van der Waals surface area (Å²) < 4.78 is 5.24. The predicted octanol–water partition coefficient (Wildman–Crippen LogP) is 3.03. The monoisotopic (exact) mass is 316 g/mol. The molecule has 0 bridgehead atoms. The summed E-state index contributed by atoms with van der Waals surface area (Å²) in [5.74, 6) is -0.327. The first-order valence-electron chi connectivity index (χ1n) is 6.42. The van der Waals surface area contributed by atoms with Crippen LogP contribution in [0.4, 0.5) is 0 Å². The van der Waals surface area contributed by atoms with Crippen LogP contribution in [0, 0.1) is 0 Å². The number of carbonyl (C=O) groups excluding carboxylic acids is 2. The molecule has 22 heavy (non-hydrogen) atoms. The van der Waals surface area contributed by atoms with Crippen molar-refractivity contribution in [1.82, 2.24) is 5.43 Å². The summed E-state index contributed by atoms with van der Waals surface area (Å²) in [6.07, 6.45) is 1.49. The number of rotatable bonds is 4. The summed E-state index contributed by atoms with van der Waals surface area (Å²) in [5, 5.41) is 4.21. The van der Waals surface area contributed by atoms with Crippen LogP contribution in [0.25, 0.3) is 0 Å². The number of esters is 1. The zero-order chi connectivity index (χ0) is 15.9. The molecule has 0 atom stereocenters. The van der Waals surface area contributed by atoms with Crippen LogP contribution >= 0.6 is 11.6 Å². The fraction of sp³-hybridized carbons (Fsp3) is 0.0625. The zero-order valence-electron chi connectivity index (χ0n) is 11.7. The van der Waals surface area contributed by atoms with E-state index < -0.39 is 5.97 Å². The summed E-state index contributed by atoms with van der Waals surface area (Å²) in [7, 11) is 0. The molecule has 0 spiro atoms. The topological polar surface area (TPSA) is 67.8 Å². The van der Waals surface area contributed by atoms with Crippen molar-refractivity contribution in [3.8, 4) is 5.75 Å². The van der Waals surface area contributed by atoms with Crippen molar-refractivity contribution in [2.24, 2.45) is 5.10 Å². The van der Waals surface area contributed by atoms with Crippen LogP contribution < -0.4 is 10.2 Å². The van der Waals surface area contributed by atoms with Crippen LogP contribution in [-0.4, -0.2) is 18.1 Å². The van der Waals surface area contributed by atoms with Gasteiger partial charge in [-0.1, -0.05) is 17.7 Å². The Morgan fingerprint density at radius 2 is 1.91 bits per heavy atom. The van der Waals surface area contributed by atoms with Gasteiger partial charge >= 0.3 is 5.97 Å². The molecule has 112 valence electrons. The number of nitrogens with zero attached hydrogens (tertiary/aromatic N) is 1. The van der Waals surface area contributed by atoms with E-state index in [4.69, 9.17) is 16.3 Å². The molecule has 0 aliphatic carbocycles. The average molecular weight is 317 g/mol. The van der Waals surface area contributed by atoms with Crippen molar-refractivity contribution >= 4 is 29.7 Å². The molecular formula is C16H13ClN2O3. The maximum atomic E-state index is 11.9. The molecule has 1 N–H and O–H groups in total. The second kappa shape index (κ2) is 7.38. The van der Waals surface area contributed by atoms with E-state index in [9.17, 15) is 9.59 Å². The molecule has 1 amide bonds. The van der Waals surface area contributed by atoms with Crippen LogP contribution in [-0.2, 0) is 4.79 Å². The number of halogens is 1. The van der Waals surface area contributed by atoms with Crippen LogP contribution in [0.15, 0.2) is 53.6 Å². The molecule has 0 saturated carbocycles. The van der Waals surface area contributed by atoms with Crippen LogP contribution in [0.3, 0.4) is 0 Å². The normalized spacial score (nSPS) is 10.5. The minimum atomic E-state index is -0.484. The molecule has 0 heterocycles. The highest BCUT2D eigenvalue weighted by atomic mass is 35.5. The number of ether oxygens (including phenoxy) is 1. The van der Waals surface area contributed by atoms with Gasteiger partial charge in [0.1, 0.15) is 5.75 Å². The van der Waals surface area contributed by atoms with Crippen LogP contribution in [0.2, 0.25) is 5.02 Å². The molecule has 6 heteroatoms. The molecule has 2 aromatic rings.